The molecule has 2 aromatic carbocycles. The Morgan fingerprint density at radius 3 is 2.42 bits per heavy atom. The number of aromatic nitrogens is 3. The SMILES string of the molecule is Clc1cncc(Cl)c1-c1noc(C2CC2)c1COC12CCC(C#Cc3ccc4ccnc(Nc5ccccc5)c4c3)(CC1)CC2. The molecule has 3 heterocycles. The second kappa shape index (κ2) is 11.5. The molecule has 0 aliphatic heterocycles. The normalized spacial score (nSPS) is 22.3. The largest absolute Gasteiger partial charge is 0.370 e. The van der Waals surface area contributed by atoms with E-state index in [1.165, 1.54) is 0 Å². The standard InChI is InChI=1S/C37H32Cl2N4O2/c38-30-21-40-22-31(39)32(30)33-29(34(45-43-33)26-8-9-26)23-44-37-16-13-36(14-17-37,15-18-37)12-10-24-6-7-25-11-19-41-35(28(25)20-24)42-27-4-2-1-3-5-27/h1-7,11,19-22,26H,8-9,13-18,23H2,(H,41,42). The van der Waals surface area contributed by atoms with Crippen molar-refractivity contribution in [3.8, 4) is 23.1 Å². The summed E-state index contributed by atoms with van der Waals surface area (Å²) in [6.07, 6.45) is 13.3. The van der Waals surface area contributed by atoms with Crippen molar-refractivity contribution in [2.75, 3.05) is 5.32 Å². The molecule has 0 unspecified atom stereocenters. The summed E-state index contributed by atoms with van der Waals surface area (Å²) in [5, 5.41) is 11.0. The lowest BCUT2D eigenvalue weighted by molar-refractivity contribution is -0.131. The van der Waals surface area contributed by atoms with Crippen molar-refractivity contribution in [2.45, 2.75) is 69.5 Å². The molecule has 8 heteroatoms. The number of fused-ring (bicyclic) bond motifs is 4. The molecule has 9 rings (SSSR count). The topological polar surface area (TPSA) is 73.1 Å². The molecule has 0 spiro atoms. The summed E-state index contributed by atoms with van der Waals surface area (Å²) in [6.45, 7) is 0.433. The summed E-state index contributed by atoms with van der Waals surface area (Å²) in [4.78, 5) is 8.73. The quantitative estimate of drug-likeness (QED) is 0.180. The first-order valence-electron chi connectivity index (χ1n) is 15.7. The molecule has 226 valence electrons. The van der Waals surface area contributed by atoms with Crippen LogP contribution in [0, 0.1) is 17.3 Å². The zero-order chi connectivity index (χ0) is 30.4. The molecule has 45 heavy (non-hydrogen) atoms. The Labute approximate surface area is 272 Å². The maximum atomic E-state index is 6.82. The Kier molecular flexibility index (Phi) is 7.29. The van der Waals surface area contributed by atoms with Crippen LogP contribution >= 0.6 is 23.2 Å². The molecule has 4 aliphatic carbocycles. The van der Waals surface area contributed by atoms with Crippen LogP contribution in [0.1, 0.15) is 74.2 Å². The number of halogens is 2. The van der Waals surface area contributed by atoms with Gasteiger partial charge in [-0.15, -0.1) is 0 Å². The molecule has 0 amide bonds. The summed E-state index contributed by atoms with van der Waals surface area (Å²) >= 11 is 13.0. The van der Waals surface area contributed by atoms with E-state index < -0.39 is 0 Å². The first kappa shape index (κ1) is 28.6. The highest BCUT2D eigenvalue weighted by Crippen LogP contribution is 2.54. The van der Waals surface area contributed by atoms with Crippen molar-refractivity contribution in [2.24, 2.45) is 5.41 Å². The van der Waals surface area contributed by atoms with Gasteiger partial charge in [0.1, 0.15) is 17.3 Å². The molecule has 3 aromatic heterocycles. The molecule has 0 atom stereocenters. The monoisotopic (exact) mass is 634 g/mol. The van der Waals surface area contributed by atoms with E-state index in [1.54, 1.807) is 12.4 Å². The van der Waals surface area contributed by atoms with Gasteiger partial charge in [0.05, 0.1) is 22.3 Å². The van der Waals surface area contributed by atoms with Crippen LogP contribution in [-0.4, -0.2) is 20.7 Å². The summed E-state index contributed by atoms with van der Waals surface area (Å²) in [6, 6.07) is 18.6. The summed E-state index contributed by atoms with van der Waals surface area (Å²) in [7, 11) is 0. The van der Waals surface area contributed by atoms with Crippen LogP contribution in [0.2, 0.25) is 10.0 Å². The fourth-order valence-corrected chi connectivity index (χ4v) is 7.49. The lowest BCUT2D eigenvalue weighted by atomic mass is 9.59. The third kappa shape index (κ3) is 5.59. The van der Waals surface area contributed by atoms with Gasteiger partial charge in [-0.3, -0.25) is 4.98 Å². The van der Waals surface area contributed by atoms with E-state index in [9.17, 15) is 0 Å². The summed E-state index contributed by atoms with van der Waals surface area (Å²) in [5.41, 5.74) is 4.20. The van der Waals surface area contributed by atoms with Gasteiger partial charge in [-0.1, -0.05) is 64.5 Å². The minimum atomic E-state index is -0.156. The van der Waals surface area contributed by atoms with Crippen LogP contribution < -0.4 is 5.32 Å². The Balaban J connectivity index is 0.986. The summed E-state index contributed by atoms with van der Waals surface area (Å²) in [5.74, 6) is 9.41. The van der Waals surface area contributed by atoms with E-state index >= 15 is 0 Å². The Bertz CT molecular complexity index is 1910. The smallest absolute Gasteiger partial charge is 0.145 e. The van der Waals surface area contributed by atoms with E-state index in [1.807, 2.05) is 42.6 Å². The molecular weight excluding hydrogens is 603 g/mol. The molecule has 2 bridgehead atoms. The number of nitrogens with one attached hydrogen (secondary N) is 1. The number of rotatable bonds is 7. The van der Waals surface area contributed by atoms with Gasteiger partial charge in [-0.2, -0.15) is 0 Å². The number of pyridine rings is 2. The Hall–Kier alpha value is -3.89. The van der Waals surface area contributed by atoms with Gasteiger partial charge >= 0.3 is 0 Å². The highest BCUT2D eigenvalue weighted by molar-refractivity contribution is 6.38. The predicted molar refractivity (Wildman–Crippen MR) is 178 cm³/mol. The van der Waals surface area contributed by atoms with E-state index in [0.717, 1.165) is 90.5 Å². The lowest BCUT2D eigenvalue weighted by Crippen LogP contribution is -2.47. The number of hydrogen-bond acceptors (Lipinski definition) is 6. The number of anilines is 2. The molecule has 1 N–H and O–H groups in total. The Morgan fingerprint density at radius 1 is 0.933 bits per heavy atom. The maximum Gasteiger partial charge on any atom is 0.145 e. The third-order valence-electron chi connectivity index (χ3n) is 9.83. The fourth-order valence-electron chi connectivity index (χ4n) is 6.95. The van der Waals surface area contributed by atoms with Gasteiger partial charge in [0, 0.05) is 57.7 Å². The zero-order valence-electron chi connectivity index (χ0n) is 24.8. The number of benzene rings is 2. The van der Waals surface area contributed by atoms with Crippen molar-refractivity contribution in [1.82, 2.24) is 15.1 Å². The van der Waals surface area contributed by atoms with Crippen LogP contribution in [-0.2, 0) is 11.3 Å². The van der Waals surface area contributed by atoms with Gasteiger partial charge in [-0.25, -0.2) is 4.98 Å². The molecule has 6 nitrogen and oxygen atoms in total. The van der Waals surface area contributed by atoms with E-state index in [2.05, 4.69) is 50.5 Å². The highest BCUT2D eigenvalue weighted by Gasteiger charge is 2.49. The van der Waals surface area contributed by atoms with Gasteiger partial charge in [0.2, 0.25) is 0 Å². The van der Waals surface area contributed by atoms with Gasteiger partial charge in [-0.05, 0) is 87.1 Å². The van der Waals surface area contributed by atoms with Crippen molar-refractivity contribution in [3.63, 3.8) is 0 Å². The second-order valence-corrected chi connectivity index (χ2v) is 13.5. The van der Waals surface area contributed by atoms with Crippen molar-refractivity contribution in [3.05, 3.63) is 100 Å². The van der Waals surface area contributed by atoms with Crippen LogP contribution in [0.5, 0.6) is 0 Å². The molecule has 4 aliphatic rings. The predicted octanol–water partition coefficient (Wildman–Crippen LogP) is 9.87. The number of hydrogen-bond donors (Lipinski definition) is 1. The molecule has 0 radical (unpaired) electrons. The lowest BCUT2D eigenvalue weighted by Gasteiger charge is -2.51. The van der Waals surface area contributed by atoms with Gasteiger partial charge < -0.3 is 14.6 Å². The van der Waals surface area contributed by atoms with Crippen molar-refractivity contribution >= 4 is 45.5 Å². The number of nitrogens with zero attached hydrogens (tertiary/aromatic N) is 3. The van der Waals surface area contributed by atoms with E-state index in [0.29, 0.717) is 33.8 Å². The average molecular weight is 636 g/mol. The minimum Gasteiger partial charge on any atom is -0.370 e. The van der Waals surface area contributed by atoms with Crippen molar-refractivity contribution in [1.29, 1.82) is 0 Å². The van der Waals surface area contributed by atoms with Crippen molar-refractivity contribution < 1.29 is 9.26 Å². The fraction of sp³-hybridized carbons (Fsp3) is 0.324. The van der Waals surface area contributed by atoms with Crippen LogP contribution in [0.3, 0.4) is 0 Å². The molecule has 4 fully saturated rings. The number of para-hydroxylation sites is 1. The first-order chi connectivity index (χ1) is 22.0. The third-order valence-corrected chi connectivity index (χ3v) is 10.4. The van der Waals surface area contributed by atoms with E-state index in [4.69, 9.17) is 32.5 Å². The minimum absolute atomic E-state index is 0.0275. The summed E-state index contributed by atoms with van der Waals surface area (Å²) < 4.78 is 12.7. The van der Waals surface area contributed by atoms with E-state index in [-0.39, 0.29) is 11.0 Å². The van der Waals surface area contributed by atoms with Crippen LogP contribution in [0.25, 0.3) is 22.0 Å². The first-order valence-corrected chi connectivity index (χ1v) is 16.4. The molecular formula is C37H32Cl2N4O2. The highest BCUT2D eigenvalue weighted by atomic mass is 35.5. The van der Waals surface area contributed by atoms with Crippen LogP contribution in [0.4, 0.5) is 11.5 Å². The molecule has 0 saturated heterocycles. The molecule has 4 saturated carbocycles. The number of ether oxygens (including phenoxy) is 1. The maximum absolute atomic E-state index is 6.82. The van der Waals surface area contributed by atoms with Crippen LogP contribution in [0.15, 0.2) is 77.7 Å². The zero-order valence-corrected chi connectivity index (χ0v) is 26.3. The Morgan fingerprint density at radius 2 is 1.69 bits per heavy atom. The second-order valence-electron chi connectivity index (χ2n) is 12.7. The molecule has 5 aromatic rings. The average Bonchev–Trinajstić information content (AvgIpc) is 3.84. The van der Waals surface area contributed by atoms with Gasteiger partial charge in [0.25, 0.3) is 0 Å². The van der Waals surface area contributed by atoms with Gasteiger partial charge in [0.15, 0.2) is 0 Å².